The third-order valence-electron chi connectivity index (χ3n) is 5.61. The van der Waals surface area contributed by atoms with Gasteiger partial charge in [0.15, 0.2) is 0 Å². The van der Waals surface area contributed by atoms with Crippen LogP contribution in [0.3, 0.4) is 0 Å². The van der Waals surface area contributed by atoms with Crippen LogP contribution in [0.2, 0.25) is 0 Å². The number of hydrogen-bond donors (Lipinski definition) is 2. The van der Waals surface area contributed by atoms with Crippen molar-refractivity contribution in [2.75, 3.05) is 19.0 Å². The maximum absolute atomic E-state index is 12.6. The molecule has 162 valence electrons. The van der Waals surface area contributed by atoms with E-state index in [-0.39, 0.29) is 0 Å². The Morgan fingerprint density at radius 3 is 2.84 bits per heavy atom. The van der Waals surface area contributed by atoms with Gasteiger partial charge in [0.05, 0.1) is 35.9 Å². The number of hydrogen-bond acceptors (Lipinski definition) is 7. The van der Waals surface area contributed by atoms with Gasteiger partial charge in [0.25, 0.3) is 0 Å². The molecule has 0 spiro atoms. The van der Waals surface area contributed by atoms with Gasteiger partial charge in [-0.25, -0.2) is 4.98 Å². The van der Waals surface area contributed by atoms with E-state index in [1.54, 1.807) is 30.6 Å². The lowest BCUT2D eigenvalue weighted by atomic mass is 9.79. The van der Waals surface area contributed by atoms with E-state index in [1.165, 1.54) is 7.11 Å². The number of fused-ring (bicyclic) bond motifs is 1. The van der Waals surface area contributed by atoms with E-state index < -0.39 is 11.8 Å². The van der Waals surface area contributed by atoms with Gasteiger partial charge in [-0.15, -0.1) is 0 Å². The smallest absolute Gasteiger partial charge is 0.247 e. The Hall–Kier alpha value is -4.12. The molecule has 32 heavy (non-hydrogen) atoms. The summed E-state index contributed by atoms with van der Waals surface area (Å²) in [6, 6.07) is 7.24. The number of nitrogens with zero attached hydrogens (tertiary/aromatic N) is 3. The van der Waals surface area contributed by atoms with E-state index in [2.05, 4.69) is 21.4 Å². The fourth-order valence-corrected chi connectivity index (χ4v) is 4.07. The number of ether oxygens (including phenoxy) is 2. The van der Waals surface area contributed by atoms with Crippen LogP contribution in [0, 0.1) is 18.3 Å². The summed E-state index contributed by atoms with van der Waals surface area (Å²) in [6.07, 6.45) is 6.06. The molecule has 2 aromatic rings. The zero-order chi connectivity index (χ0) is 22.8. The average Bonchev–Trinajstić information content (AvgIpc) is 3.31. The number of carbonyl (C=O) groups excluding carboxylic acids is 1. The lowest BCUT2D eigenvalue weighted by Gasteiger charge is -2.32. The lowest BCUT2D eigenvalue weighted by molar-refractivity contribution is -0.114. The fraction of sp³-hybridized carbons (Fsp3) is 0.250. The lowest BCUT2D eigenvalue weighted by Crippen LogP contribution is -2.28. The Morgan fingerprint density at radius 2 is 2.19 bits per heavy atom. The van der Waals surface area contributed by atoms with E-state index in [9.17, 15) is 10.1 Å². The highest BCUT2D eigenvalue weighted by Crippen LogP contribution is 2.48. The number of benzene rings is 1. The number of aliphatic imine (C=N–C) groups is 1. The van der Waals surface area contributed by atoms with Crippen molar-refractivity contribution in [3.63, 3.8) is 0 Å². The third-order valence-corrected chi connectivity index (χ3v) is 5.61. The Bertz CT molecular complexity index is 1240. The number of nitrogens with one attached hydrogen (secondary N) is 1. The van der Waals surface area contributed by atoms with E-state index >= 15 is 0 Å². The number of amides is 1. The van der Waals surface area contributed by atoms with Gasteiger partial charge < -0.3 is 20.5 Å². The van der Waals surface area contributed by atoms with E-state index in [1.807, 2.05) is 20.1 Å². The molecule has 1 aromatic carbocycles. The summed E-state index contributed by atoms with van der Waals surface area (Å²) in [5.74, 6) is -0.263. The quantitative estimate of drug-likeness (QED) is 0.726. The van der Waals surface area contributed by atoms with Crippen LogP contribution in [0.25, 0.3) is 0 Å². The van der Waals surface area contributed by atoms with Crippen LogP contribution in [0.4, 0.5) is 5.69 Å². The Labute approximate surface area is 186 Å². The van der Waals surface area contributed by atoms with Crippen LogP contribution >= 0.6 is 0 Å². The first-order valence-electron chi connectivity index (χ1n) is 10.1. The number of aryl methyl sites for hydroxylation is 1. The zero-order valence-corrected chi connectivity index (χ0v) is 18.1. The molecule has 0 unspecified atom stereocenters. The van der Waals surface area contributed by atoms with Gasteiger partial charge in [-0.05, 0) is 37.1 Å². The number of aromatic nitrogens is 1. The first kappa shape index (κ1) is 21.1. The molecular weight excluding hydrogens is 406 g/mol. The van der Waals surface area contributed by atoms with Crippen LogP contribution < -0.4 is 20.5 Å². The van der Waals surface area contributed by atoms with Gasteiger partial charge in [-0.3, -0.25) is 9.79 Å². The third kappa shape index (κ3) is 3.69. The number of allylic oxidation sites excluding steroid dienone is 1. The average molecular weight is 429 g/mol. The maximum Gasteiger partial charge on any atom is 0.247 e. The molecule has 2 aliphatic rings. The van der Waals surface area contributed by atoms with Crippen LogP contribution in [0.5, 0.6) is 11.6 Å². The molecule has 8 nitrogen and oxygen atoms in total. The van der Waals surface area contributed by atoms with Gasteiger partial charge in [0.1, 0.15) is 12.4 Å². The van der Waals surface area contributed by atoms with Gasteiger partial charge in [0, 0.05) is 41.9 Å². The standard InChI is InChI=1S/C24H23N5O3/c1-13-10-28-24(32-12-16-6-7-27-11-16)21-20(19(23(26)30)14(2)29-22(13)21)17-5-4-15(9-25)8-18(17)31-3/h4-5,7-8,10-11,20,29H,6,12H2,1-3H3,(H2,26,30)/t20-/m1/s1. The highest BCUT2D eigenvalue weighted by Gasteiger charge is 2.37. The summed E-state index contributed by atoms with van der Waals surface area (Å²) < 4.78 is 11.7. The number of carbonyl (C=O) groups is 1. The van der Waals surface area contributed by atoms with Crippen molar-refractivity contribution in [1.29, 1.82) is 5.26 Å². The Morgan fingerprint density at radius 1 is 1.38 bits per heavy atom. The van der Waals surface area contributed by atoms with E-state index in [0.717, 1.165) is 23.2 Å². The van der Waals surface area contributed by atoms with Crippen molar-refractivity contribution in [2.24, 2.45) is 10.7 Å². The minimum atomic E-state index is -0.581. The second kappa shape index (κ2) is 8.55. The number of rotatable bonds is 6. The van der Waals surface area contributed by atoms with Crippen molar-refractivity contribution >= 4 is 17.8 Å². The van der Waals surface area contributed by atoms with Crippen molar-refractivity contribution in [3.8, 4) is 17.7 Å². The van der Waals surface area contributed by atoms with Crippen LogP contribution in [-0.2, 0) is 4.79 Å². The molecule has 0 saturated carbocycles. The summed E-state index contributed by atoms with van der Waals surface area (Å²) in [4.78, 5) is 21.2. The van der Waals surface area contributed by atoms with Gasteiger partial charge in [-0.1, -0.05) is 6.07 Å². The fourth-order valence-electron chi connectivity index (χ4n) is 4.07. The molecule has 0 bridgehead atoms. The highest BCUT2D eigenvalue weighted by atomic mass is 16.5. The van der Waals surface area contributed by atoms with Crippen molar-refractivity contribution < 1.29 is 14.3 Å². The second-order valence-electron chi connectivity index (χ2n) is 7.68. The van der Waals surface area contributed by atoms with Crippen LogP contribution in [0.1, 0.15) is 41.5 Å². The predicted molar refractivity (Wildman–Crippen MR) is 121 cm³/mol. The van der Waals surface area contributed by atoms with Gasteiger partial charge in [0.2, 0.25) is 11.8 Å². The molecule has 1 amide bonds. The molecular formula is C24H23N5O3. The number of methoxy groups -OCH3 is 1. The normalized spacial score (nSPS) is 16.7. The Balaban J connectivity index is 1.91. The molecule has 8 heteroatoms. The molecule has 0 radical (unpaired) electrons. The monoisotopic (exact) mass is 429 g/mol. The van der Waals surface area contributed by atoms with Gasteiger partial charge in [-0.2, -0.15) is 5.26 Å². The first-order valence-corrected chi connectivity index (χ1v) is 10.1. The molecule has 0 fully saturated rings. The summed E-state index contributed by atoms with van der Waals surface area (Å²) in [7, 11) is 1.53. The van der Waals surface area contributed by atoms with Crippen molar-refractivity contribution in [1.82, 2.24) is 4.98 Å². The molecule has 0 aliphatic carbocycles. The number of nitrogens with two attached hydrogens (primary N) is 1. The summed E-state index contributed by atoms with van der Waals surface area (Å²) >= 11 is 0. The minimum absolute atomic E-state index is 0.328. The molecule has 3 N–H and O–H groups in total. The SMILES string of the molecule is COc1cc(C#N)ccc1[C@@H]1C(C(N)=O)=C(C)Nc2c(C)cnc(OCC3=CN=CC3)c21. The highest BCUT2D eigenvalue weighted by molar-refractivity contribution is 5.98. The number of anilines is 1. The minimum Gasteiger partial charge on any atom is -0.496 e. The molecule has 1 aromatic heterocycles. The summed E-state index contributed by atoms with van der Waals surface area (Å²) in [5, 5.41) is 12.6. The molecule has 3 heterocycles. The number of primary amides is 1. The second-order valence-corrected chi connectivity index (χ2v) is 7.68. The molecule has 1 atom stereocenters. The molecule has 0 saturated heterocycles. The van der Waals surface area contributed by atoms with E-state index in [4.69, 9.17) is 15.2 Å². The van der Waals surface area contributed by atoms with Gasteiger partial charge >= 0.3 is 0 Å². The topological polar surface area (TPSA) is 123 Å². The zero-order valence-electron chi connectivity index (χ0n) is 18.1. The number of nitriles is 1. The van der Waals surface area contributed by atoms with Crippen LogP contribution in [-0.4, -0.2) is 30.8 Å². The van der Waals surface area contributed by atoms with E-state index in [0.29, 0.717) is 46.2 Å². The van der Waals surface area contributed by atoms with Crippen molar-refractivity contribution in [2.45, 2.75) is 26.2 Å². The number of pyridine rings is 1. The largest absolute Gasteiger partial charge is 0.496 e. The maximum atomic E-state index is 12.6. The summed E-state index contributed by atoms with van der Waals surface area (Å²) in [5.41, 5.74) is 11.5. The summed E-state index contributed by atoms with van der Waals surface area (Å²) in [6.45, 7) is 4.08. The first-order chi connectivity index (χ1) is 15.4. The molecule has 4 rings (SSSR count). The van der Waals surface area contributed by atoms with Crippen molar-refractivity contribution in [3.05, 3.63) is 69.7 Å². The molecule has 2 aliphatic heterocycles. The Kier molecular flexibility index (Phi) is 5.65. The van der Waals surface area contributed by atoms with Crippen LogP contribution in [0.15, 0.2) is 52.4 Å². The predicted octanol–water partition coefficient (Wildman–Crippen LogP) is 3.32.